The van der Waals surface area contributed by atoms with Crippen molar-refractivity contribution in [1.29, 1.82) is 0 Å². The van der Waals surface area contributed by atoms with Crippen molar-refractivity contribution in [2.75, 3.05) is 0 Å². The number of rotatable bonds is 4. The second-order valence-corrected chi connectivity index (χ2v) is 11.3. The van der Waals surface area contributed by atoms with Crippen LogP contribution in [0, 0.1) is 0 Å². The number of benzene rings is 6. The lowest BCUT2D eigenvalue weighted by atomic mass is 9.63. The van der Waals surface area contributed by atoms with Crippen molar-refractivity contribution >= 4 is 21.8 Å². The Morgan fingerprint density at radius 2 is 1.16 bits per heavy atom. The predicted molar refractivity (Wildman–Crippen MR) is 177 cm³/mol. The van der Waals surface area contributed by atoms with E-state index in [9.17, 15) is 0 Å². The normalized spacial score (nSPS) is 13.2. The summed E-state index contributed by atoms with van der Waals surface area (Å²) in [5.41, 5.74) is 10.6. The van der Waals surface area contributed by atoms with Gasteiger partial charge in [-0.05, 0) is 68.4 Å². The molecule has 2 aromatic heterocycles. The van der Waals surface area contributed by atoms with E-state index in [1.165, 1.54) is 44.2 Å². The quantitative estimate of drug-likeness (QED) is 0.215. The number of nitrogens with zero attached hydrogens (tertiary/aromatic N) is 4. The molecule has 0 spiro atoms. The van der Waals surface area contributed by atoms with Crippen LogP contribution in [0.2, 0.25) is 0 Å². The highest BCUT2D eigenvalue weighted by atomic mass is 15.1. The SMILES string of the molecule is c1ccc(C2(c3ccccc3)c3cc(-c4ccc5ccccc5c4)ccc3-n3c(-c4cncnc4)nc4cccc2c43)cc1. The monoisotopic (exact) mass is 562 g/mol. The molecule has 0 atom stereocenters. The molecule has 1 aliphatic rings. The molecule has 0 aliphatic carbocycles. The van der Waals surface area contributed by atoms with Crippen molar-refractivity contribution in [3.8, 4) is 28.2 Å². The second kappa shape index (κ2) is 9.58. The summed E-state index contributed by atoms with van der Waals surface area (Å²) in [6, 6.07) is 50.5. The fourth-order valence-corrected chi connectivity index (χ4v) is 7.16. The summed E-state index contributed by atoms with van der Waals surface area (Å²) in [6.07, 6.45) is 5.25. The van der Waals surface area contributed by atoms with Crippen LogP contribution in [0.3, 0.4) is 0 Å². The van der Waals surface area contributed by atoms with Crippen molar-refractivity contribution in [3.05, 3.63) is 181 Å². The van der Waals surface area contributed by atoms with E-state index in [0.29, 0.717) is 0 Å². The Hall–Kier alpha value is -5.87. The van der Waals surface area contributed by atoms with E-state index in [0.717, 1.165) is 28.1 Å². The van der Waals surface area contributed by atoms with Gasteiger partial charge < -0.3 is 0 Å². The maximum absolute atomic E-state index is 5.20. The van der Waals surface area contributed by atoms with Crippen molar-refractivity contribution < 1.29 is 0 Å². The Morgan fingerprint density at radius 3 is 1.91 bits per heavy atom. The first-order valence-electron chi connectivity index (χ1n) is 14.8. The van der Waals surface area contributed by atoms with Gasteiger partial charge in [-0.1, -0.05) is 115 Å². The highest BCUT2D eigenvalue weighted by molar-refractivity contribution is 5.94. The molecule has 9 rings (SSSR count). The van der Waals surface area contributed by atoms with Crippen LogP contribution >= 0.6 is 0 Å². The first kappa shape index (κ1) is 24.7. The molecule has 6 aromatic carbocycles. The molecule has 0 fully saturated rings. The Morgan fingerprint density at radius 1 is 0.500 bits per heavy atom. The molecule has 0 N–H and O–H groups in total. The molecule has 0 saturated heterocycles. The molecule has 3 heterocycles. The summed E-state index contributed by atoms with van der Waals surface area (Å²) in [6.45, 7) is 0. The van der Waals surface area contributed by atoms with Gasteiger partial charge in [0.1, 0.15) is 12.2 Å². The van der Waals surface area contributed by atoms with Crippen molar-refractivity contribution in [2.24, 2.45) is 0 Å². The number of hydrogen-bond acceptors (Lipinski definition) is 3. The third-order valence-electron chi connectivity index (χ3n) is 9.04. The molecule has 0 radical (unpaired) electrons. The van der Waals surface area contributed by atoms with Crippen LogP contribution in [0.1, 0.15) is 22.3 Å². The molecule has 8 aromatic rings. The van der Waals surface area contributed by atoms with Gasteiger partial charge in [0.2, 0.25) is 0 Å². The standard InChI is InChI=1S/C40H26N4/c1-3-12-32(13-4-1)40(33-14-5-2-6-15-33)34-16-9-17-36-38(34)44(39(43-36)31-24-41-26-42-25-31)37-21-20-30(23-35(37)40)29-19-18-27-10-7-8-11-28(27)22-29/h1-26H. The van der Waals surface area contributed by atoms with Gasteiger partial charge in [0.05, 0.1) is 27.7 Å². The summed E-state index contributed by atoms with van der Waals surface area (Å²) in [5, 5.41) is 2.47. The fourth-order valence-electron chi connectivity index (χ4n) is 7.16. The smallest absolute Gasteiger partial charge is 0.148 e. The molecule has 44 heavy (non-hydrogen) atoms. The van der Waals surface area contributed by atoms with E-state index < -0.39 is 5.41 Å². The average Bonchev–Trinajstić information content (AvgIpc) is 3.50. The van der Waals surface area contributed by atoms with Gasteiger partial charge in [0.15, 0.2) is 0 Å². The molecule has 0 bridgehead atoms. The van der Waals surface area contributed by atoms with Crippen LogP contribution in [0.25, 0.3) is 50.0 Å². The zero-order valence-corrected chi connectivity index (χ0v) is 23.8. The Balaban J connectivity index is 1.44. The second-order valence-electron chi connectivity index (χ2n) is 11.3. The van der Waals surface area contributed by atoms with Gasteiger partial charge in [-0.25, -0.2) is 15.0 Å². The molecule has 4 nitrogen and oxygen atoms in total. The third-order valence-corrected chi connectivity index (χ3v) is 9.04. The molecular weight excluding hydrogens is 536 g/mol. The summed E-state index contributed by atoms with van der Waals surface area (Å²) < 4.78 is 2.31. The molecule has 0 saturated carbocycles. The first-order valence-corrected chi connectivity index (χ1v) is 14.8. The average molecular weight is 563 g/mol. The number of hydrogen-bond donors (Lipinski definition) is 0. The van der Waals surface area contributed by atoms with Crippen LogP contribution in [-0.2, 0) is 5.41 Å². The number of para-hydroxylation sites is 1. The Labute approximate surface area is 255 Å². The van der Waals surface area contributed by atoms with Crippen LogP contribution in [-0.4, -0.2) is 19.5 Å². The van der Waals surface area contributed by atoms with E-state index in [-0.39, 0.29) is 0 Å². The number of fused-ring (bicyclic) bond motifs is 3. The highest BCUT2D eigenvalue weighted by Gasteiger charge is 2.45. The van der Waals surface area contributed by atoms with Crippen molar-refractivity contribution in [2.45, 2.75) is 5.41 Å². The Bertz CT molecular complexity index is 2280. The highest BCUT2D eigenvalue weighted by Crippen LogP contribution is 2.54. The minimum absolute atomic E-state index is 0.579. The van der Waals surface area contributed by atoms with Crippen LogP contribution in [0.15, 0.2) is 158 Å². The molecule has 0 unspecified atom stereocenters. The van der Waals surface area contributed by atoms with E-state index >= 15 is 0 Å². The third kappa shape index (κ3) is 3.48. The maximum atomic E-state index is 5.20. The molecular formula is C40H26N4. The lowest BCUT2D eigenvalue weighted by Crippen LogP contribution is -2.35. The first-order chi connectivity index (χ1) is 21.8. The molecule has 4 heteroatoms. The maximum Gasteiger partial charge on any atom is 0.148 e. The summed E-state index contributed by atoms with van der Waals surface area (Å²) >= 11 is 0. The number of imidazole rings is 1. The van der Waals surface area contributed by atoms with Crippen LogP contribution in [0.4, 0.5) is 0 Å². The van der Waals surface area contributed by atoms with Crippen molar-refractivity contribution in [3.63, 3.8) is 0 Å². The fraction of sp³-hybridized carbons (Fsp3) is 0.0250. The summed E-state index contributed by atoms with van der Waals surface area (Å²) in [5.74, 6) is 0.836. The van der Waals surface area contributed by atoms with E-state index in [1.54, 1.807) is 6.33 Å². The topological polar surface area (TPSA) is 43.6 Å². The van der Waals surface area contributed by atoms with E-state index in [4.69, 9.17) is 4.98 Å². The lowest BCUT2D eigenvalue weighted by molar-refractivity contribution is 0.726. The zero-order chi connectivity index (χ0) is 29.1. The van der Waals surface area contributed by atoms with Gasteiger partial charge in [-0.15, -0.1) is 0 Å². The molecule has 0 amide bonds. The largest absolute Gasteiger partial charge is 0.292 e. The van der Waals surface area contributed by atoms with Gasteiger partial charge >= 0.3 is 0 Å². The Kier molecular flexibility index (Phi) is 5.38. The predicted octanol–water partition coefficient (Wildman–Crippen LogP) is 9.00. The summed E-state index contributed by atoms with van der Waals surface area (Å²) in [4.78, 5) is 13.9. The molecule has 1 aliphatic heterocycles. The molecule has 206 valence electrons. The summed E-state index contributed by atoms with van der Waals surface area (Å²) in [7, 11) is 0. The number of aromatic nitrogens is 4. The van der Waals surface area contributed by atoms with Crippen LogP contribution in [0.5, 0.6) is 0 Å². The minimum Gasteiger partial charge on any atom is -0.292 e. The van der Waals surface area contributed by atoms with Gasteiger partial charge in [0.25, 0.3) is 0 Å². The van der Waals surface area contributed by atoms with E-state index in [1.807, 2.05) is 12.4 Å². The van der Waals surface area contributed by atoms with Crippen LogP contribution < -0.4 is 0 Å². The van der Waals surface area contributed by atoms with Gasteiger partial charge in [0, 0.05) is 12.4 Å². The van der Waals surface area contributed by atoms with Gasteiger partial charge in [-0.2, -0.15) is 0 Å². The zero-order valence-electron chi connectivity index (χ0n) is 23.8. The minimum atomic E-state index is -0.579. The lowest BCUT2D eigenvalue weighted by Gasteiger charge is -2.41. The van der Waals surface area contributed by atoms with Gasteiger partial charge in [-0.3, -0.25) is 4.57 Å². The van der Waals surface area contributed by atoms with Crippen molar-refractivity contribution in [1.82, 2.24) is 19.5 Å². The van der Waals surface area contributed by atoms with E-state index in [2.05, 4.69) is 154 Å².